The van der Waals surface area contributed by atoms with Crippen LogP contribution in [0.15, 0.2) is 18.2 Å². The van der Waals surface area contributed by atoms with Crippen LogP contribution in [0.25, 0.3) is 0 Å². The highest BCUT2D eigenvalue weighted by atomic mass is 16.6. The fraction of sp³-hybridized carbons (Fsp3) is 0.417. The SMILES string of the molecule is CCNCCC(=O)Nc1cccc([N+](=O)[O-])c1C. The van der Waals surface area contributed by atoms with Gasteiger partial charge in [-0.25, -0.2) is 0 Å². The van der Waals surface area contributed by atoms with E-state index in [0.717, 1.165) is 6.54 Å². The van der Waals surface area contributed by atoms with E-state index in [9.17, 15) is 14.9 Å². The Hall–Kier alpha value is -1.95. The Morgan fingerprint density at radius 1 is 1.44 bits per heavy atom. The number of rotatable bonds is 6. The molecule has 0 aromatic heterocycles. The number of anilines is 1. The average Bonchev–Trinajstić information content (AvgIpc) is 2.32. The van der Waals surface area contributed by atoms with Crippen molar-refractivity contribution in [3.8, 4) is 0 Å². The van der Waals surface area contributed by atoms with Gasteiger partial charge in [0.15, 0.2) is 0 Å². The molecule has 0 bridgehead atoms. The van der Waals surface area contributed by atoms with Crippen LogP contribution in [0.5, 0.6) is 0 Å². The van der Waals surface area contributed by atoms with Gasteiger partial charge in [0.2, 0.25) is 5.91 Å². The summed E-state index contributed by atoms with van der Waals surface area (Å²) in [5.41, 5.74) is 0.976. The lowest BCUT2D eigenvalue weighted by Gasteiger charge is -2.08. The highest BCUT2D eigenvalue weighted by molar-refractivity contribution is 5.92. The number of hydrogen-bond acceptors (Lipinski definition) is 4. The maximum absolute atomic E-state index is 11.6. The standard InChI is InChI=1S/C12H17N3O3/c1-3-13-8-7-12(16)14-10-5-4-6-11(9(10)2)15(17)18/h4-6,13H,3,7-8H2,1-2H3,(H,14,16). The maximum atomic E-state index is 11.6. The highest BCUT2D eigenvalue weighted by Crippen LogP contribution is 2.24. The lowest BCUT2D eigenvalue weighted by atomic mass is 10.1. The number of hydrogen-bond donors (Lipinski definition) is 2. The van der Waals surface area contributed by atoms with Gasteiger partial charge in [-0.3, -0.25) is 14.9 Å². The molecule has 0 saturated heterocycles. The van der Waals surface area contributed by atoms with Gasteiger partial charge in [-0.15, -0.1) is 0 Å². The monoisotopic (exact) mass is 251 g/mol. The van der Waals surface area contributed by atoms with Crippen LogP contribution in [0.1, 0.15) is 18.9 Å². The topological polar surface area (TPSA) is 84.3 Å². The molecule has 0 aliphatic rings. The number of nitro groups is 1. The molecule has 1 aromatic rings. The van der Waals surface area contributed by atoms with E-state index in [4.69, 9.17) is 0 Å². The fourth-order valence-corrected chi connectivity index (χ4v) is 1.55. The molecule has 0 atom stereocenters. The Balaban J connectivity index is 2.70. The van der Waals surface area contributed by atoms with Crippen molar-refractivity contribution < 1.29 is 9.72 Å². The van der Waals surface area contributed by atoms with Gasteiger partial charge in [0, 0.05) is 19.0 Å². The van der Waals surface area contributed by atoms with Gasteiger partial charge in [0.1, 0.15) is 0 Å². The van der Waals surface area contributed by atoms with Gasteiger partial charge >= 0.3 is 0 Å². The van der Waals surface area contributed by atoms with Crippen molar-refractivity contribution in [2.75, 3.05) is 18.4 Å². The third-order valence-corrected chi connectivity index (χ3v) is 2.55. The zero-order chi connectivity index (χ0) is 13.5. The summed E-state index contributed by atoms with van der Waals surface area (Å²) in [7, 11) is 0. The molecule has 1 amide bonds. The molecule has 98 valence electrons. The third-order valence-electron chi connectivity index (χ3n) is 2.55. The van der Waals surface area contributed by atoms with Gasteiger partial charge in [0.25, 0.3) is 5.69 Å². The summed E-state index contributed by atoms with van der Waals surface area (Å²) in [4.78, 5) is 21.9. The van der Waals surface area contributed by atoms with Crippen LogP contribution in [-0.4, -0.2) is 23.9 Å². The van der Waals surface area contributed by atoms with Gasteiger partial charge in [-0.05, 0) is 19.5 Å². The molecule has 0 fully saturated rings. The Labute approximate surface area is 106 Å². The second kappa shape index (κ2) is 6.70. The van der Waals surface area contributed by atoms with Gasteiger partial charge in [-0.2, -0.15) is 0 Å². The van der Waals surface area contributed by atoms with Crippen LogP contribution in [-0.2, 0) is 4.79 Å². The van der Waals surface area contributed by atoms with Crippen LogP contribution < -0.4 is 10.6 Å². The minimum absolute atomic E-state index is 0.0134. The Morgan fingerprint density at radius 2 is 2.17 bits per heavy atom. The van der Waals surface area contributed by atoms with Gasteiger partial charge < -0.3 is 10.6 Å². The van der Waals surface area contributed by atoms with E-state index in [1.165, 1.54) is 6.07 Å². The third kappa shape index (κ3) is 3.81. The first-order chi connectivity index (χ1) is 8.56. The van der Waals surface area contributed by atoms with Gasteiger partial charge in [-0.1, -0.05) is 13.0 Å². The Morgan fingerprint density at radius 3 is 2.78 bits per heavy atom. The number of nitro benzene ring substituents is 1. The van der Waals surface area contributed by atoms with Crippen LogP contribution >= 0.6 is 0 Å². The molecule has 18 heavy (non-hydrogen) atoms. The molecule has 0 unspecified atom stereocenters. The maximum Gasteiger partial charge on any atom is 0.274 e. The summed E-state index contributed by atoms with van der Waals surface area (Å²) in [6, 6.07) is 4.64. The number of carbonyl (C=O) groups is 1. The van der Waals surface area contributed by atoms with E-state index in [-0.39, 0.29) is 11.6 Å². The minimum atomic E-state index is -0.455. The average molecular weight is 251 g/mol. The molecule has 2 N–H and O–H groups in total. The zero-order valence-corrected chi connectivity index (χ0v) is 10.5. The van der Waals surface area contributed by atoms with E-state index < -0.39 is 4.92 Å². The molecule has 1 rings (SSSR count). The predicted octanol–water partition coefficient (Wildman–Crippen LogP) is 1.84. The van der Waals surface area contributed by atoms with Crippen molar-refractivity contribution in [1.82, 2.24) is 5.32 Å². The van der Waals surface area contributed by atoms with Crippen molar-refractivity contribution in [3.05, 3.63) is 33.9 Å². The van der Waals surface area contributed by atoms with Crippen molar-refractivity contribution in [2.24, 2.45) is 0 Å². The summed E-state index contributed by atoms with van der Waals surface area (Å²) in [5, 5.41) is 16.5. The van der Waals surface area contributed by atoms with Crippen molar-refractivity contribution >= 4 is 17.3 Å². The predicted molar refractivity (Wildman–Crippen MR) is 69.6 cm³/mol. The number of amides is 1. The van der Waals surface area contributed by atoms with E-state index in [0.29, 0.717) is 24.2 Å². The molecule has 6 nitrogen and oxygen atoms in total. The first-order valence-corrected chi connectivity index (χ1v) is 5.80. The van der Waals surface area contributed by atoms with E-state index in [1.807, 2.05) is 6.92 Å². The molecule has 6 heteroatoms. The molecule has 1 aromatic carbocycles. The number of carbonyl (C=O) groups excluding carboxylic acids is 1. The second-order valence-electron chi connectivity index (χ2n) is 3.86. The van der Waals surface area contributed by atoms with Crippen LogP contribution in [0.2, 0.25) is 0 Å². The number of benzene rings is 1. The second-order valence-corrected chi connectivity index (χ2v) is 3.86. The van der Waals surface area contributed by atoms with Crippen LogP contribution in [0.3, 0.4) is 0 Å². The van der Waals surface area contributed by atoms with Crippen molar-refractivity contribution in [3.63, 3.8) is 0 Å². The normalized spacial score (nSPS) is 10.1. The van der Waals surface area contributed by atoms with E-state index >= 15 is 0 Å². The molecule has 0 saturated carbocycles. The smallest absolute Gasteiger partial charge is 0.274 e. The fourth-order valence-electron chi connectivity index (χ4n) is 1.55. The highest BCUT2D eigenvalue weighted by Gasteiger charge is 2.14. The lowest BCUT2D eigenvalue weighted by molar-refractivity contribution is -0.385. The molecule has 0 radical (unpaired) electrons. The van der Waals surface area contributed by atoms with E-state index in [1.54, 1.807) is 19.1 Å². The first kappa shape index (κ1) is 14.1. The van der Waals surface area contributed by atoms with Gasteiger partial charge in [0.05, 0.1) is 16.2 Å². The molecular weight excluding hydrogens is 234 g/mol. The number of nitrogens with one attached hydrogen (secondary N) is 2. The van der Waals surface area contributed by atoms with Crippen molar-refractivity contribution in [1.29, 1.82) is 0 Å². The molecule has 0 aliphatic heterocycles. The molecule has 0 heterocycles. The Kier molecular flexibility index (Phi) is 5.26. The summed E-state index contributed by atoms with van der Waals surface area (Å²) < 4.78 is 0. The summed E-state index contributed by atoms with van der Waals surface area (Å²) in [5.74, 6) is -0.153. The number of nitrogens with zero attached hydrogens (tertiary/aromatic N) is 1. The first-order valence-electron chi connectivity index (χ1n) is 5.80. The summed E-state index contributed by atoms with van der Waals surface area (Å²) in [6.07, 6.45) is 0.343. The summed E-state index contributed by atoms with van der Waals surface area (Å²) >= 11 is 0. The minimum Gasteiger partial charge on any atom is -0.326 e. The summed E-state index contributed by atoms with van der Waals surface area (Å²) in [6.45, 7) is 4.99. The van der Waals surface area contributed by atoms with E-state index in [2.05, 4.69) is 10.6 Å². The zero-order valence-electron chi connectivity index (χ0n) is 10.5. The largest absolute Gasteiger partial charge is 0.326 e. The van der Waals surface area contributed by atoms with Crippen molar-refractivity contribution in [2.45, 2.75) is 20.3 Å². The van der Waals surface area contributed by atoms with Crippen LogP contribution in [0.4, 0.5) is 11.4 Å². The molecule has 0 spiro atoms. The Bertz CT molecular complexity index is 446. The molecule has 0 aliphatic carbocycles. The van der Waals surface area contributed by atoms with Crippen LogP contribution in [0, 0.1) is 17.0 Å². The lowest BCUT2D eigenvalue weighted by Crippen LogP contribution is -2.21. The molecular formula is C12H17N3O3. The quantitative estimate of drug-likeness (QED) is 0.459.